The van der Waals surface area contributed by atoms with Crippen LogP contribution >= 0.6 is 0 Å². The molecule has 180 valence electrons. The zero-order chi connectivity index (χ0) is 23.4. The molecule has 4 aliphatic rings. The molecule has 0 unspecified atom stereocenters. The van der Waals surface area contributed by atoms with Crippen LogP contribution in [0.1, 0.15) is 90.5 Å². The summed E-state index contributed by atoms with van der Waals surface area (Å²) >= 11 is 0. The summed E-state index contributed by atoms with van der Waals surface area (Å²) in [5, 5.41) is 24.2. The third-order valence-corrected chi connectivity index (χ3v) is 10.7. The van der Waals surface area contributed by atoms with Crippen LogP contribution in [0, 0.1) is 58.2 Å². The Bertz CT molecular complexity index is 930. The van der Waals surface area contributed by atoms with Crippen LogP contribution < -0.4 is 0 Å². The Kier molecular flexibility index (Phi) is 5.96. The van der Waals surface area contributed by atoms with Crippen molar-refractivity contribution in [3.63, 3.8) is 0 Å². The standard InChI is InChI=1S/C28H41N3O2/c1-4-28-12-10-22-21(6-5-20-13-27(3,33)11-9-18(2)26(20)22)23(28)7-8-24(28)25(32)17-31-16-19(14-29)15-30-31/h15-16,18,20-24,26,33H,4-13,17H2,1-3H3/t18-,20+,21+,22-,23-,24+,26-,27+,28-/m0/s1. The molecule has 1 aromatic heterocycles. The predicted octanol–water partition coefficient (Wildman–Crippen LogP) is 5.37. The zero-order valence-electron chi connectivity index (χ0n) is 20.7. The van der Waals surface area contributed by atoms with Crippen molar-refractivity contribution in [3.8, 4) is 6.07 Å². The minimum Gasteiger partial charge on any atom is -0.390 e. The molecular weight excluding hydrogens is 410 g/mol. The number of nitrogens with zero attached hydrogens (tertiary/aromatic N) is 3. The molecule has 0 amide bonds. The van der Waals surface area contributed by atoms with Crippen LogP contribution in [0.25, 0.3) is 0 Å². The lowest BCUT2D eigenvalue weighted by Gasteiger charge is -2.56. The van der Waals surface area contributed by atoms with E-state index < -0.39 is 5.60 Å². The third kappa shape index (κ3) is 3.87. The van der Waals surface area contributed by atoms with Crippen LogP contribution in [0.3, 0.4) is 0 Å². The largest absolute Gasteiger partial charge is 0.390 e. The van der Waals surface area contributed by atoms with Crippen molar-refractivity contribution in [2.24, 2.45) is 46.8 Å². The van der Waals surface area contributed by atoms with E-state index in [1.54, 1.807) is 17.1 Å². The first-order valence-corrected chi connectivity index (χ1v) is 13.5. The van der Waals surface area contributed by atoms with Crippen molar-refractivity contribution in [2.75, 3.05) is 0 Å². The second kappa shape index (κ2) is 8.52. The van der Waals surface area contributed by atoms with E-state index in [-0.39, 0.29) is 11.3 Å². The number of nitriles is 1. The Morgan fingerprint density at radius 2 is 2.03 bits per heavy atom. The summed E-state index contributed by atoms with van der Waals surface area (Å²) in [4.78, 5) is 13.5. The maximum atomic E-state index is 13.5. The van der Waals surface area contributed by atoms with E-state index in [1.807, 2.05) is 0 Å². The van der Waals surface area contributed by atoms with Crippen LogP contribution in [0.2, 0.25) is 0 Å². The summed E-state index contributed by atoms with van der Waals surface area (Å²) in [5.41, 5.74) is 0.173. The van der Waals surface area contributed by atoms with Crippen molar-refractivity contribution in [2.45, 2.75) is 97.1 Å². The molecule has 5 nitrogen and oxygen atoms in total. The third-order valence-electron chi connectivity index (χ3n) is 10.7. The van der Waals surface area contributed by atoms with Gasteiger partial charge in [-0.15, -0.1) is 0 Å². The fraction of sp³-hybridized carbons (Fsp3) is 0.821. The molecule has 4 aliphatic carbocycles. The van der Waals surface area contributed by atoms with Gasteiger partial charge >= 0.3 is 0 Å². The highest BCUT2D eigenvalue weighted by Crippen LogP contribution is 2.66. The van der Waals surface area contributed by atoms with Gasteiger partial charge in [0.05, 0.1) is 23.9 Å². The fourth-order valence-corrected chi connectivity index (χ4v) is 9.44. The van der Waals surface area contributed by atoms with Crippen molar-refractivity contribution < 1.29 is 9.90 Å². The number of Topliss-reactive ketones (excluding diaryl/α,β-unsaturated/α-hetero) is 1. The molecule has 0 aromatic carbocycles. The lowest BCUT2D eigenvalue weighted by atomic mass is 9.48. The number of aromatic nitrogens is 2. The Hall–Kier alpha value is -1.67. The minimum absolute atomic E-state index is 0.133. The second-order valence-corrected chi connectivity index (χ2v) is 12.3. The van der Waals surface area contributed by atoms with Gasteiger partial charge < -0.3 is 5.11 Å². The van der Waals surface area contributed by atoms with Crippen LogP contribution in [-0.4, -0.2) is 26.3 Å². The zero-order valence-corrected chi connectivity index (χ0v) is 20.7. The summed E-state index contributed by atoms with van der Waals surface area (Å²) in [5.74, 6) is 4.75. The van der Waals surface area contributed by atoms with Gasteiger partial charge in [-0.05, 0) is 112 Å². The molecule has 4 saturated carbocycles. The number of hydrogen-bond donors (Lipinski definition) is 1. The van der Waals surface area contributed by atoms with Crippen molar-refractivity contribution >= 4 is 5.78 Å². The van der Waals surface area contributed by atoms with Gasteiger partial charge in [0.2, 0.25) is 0 Å². The van der Waals surface area contributed by atoms with Gasteiger partial charge in [0.25, 0.3) is 0 Å². The van der Waals surface area contributed by atoms with E-state index in [0.29, 0.717) is 35.6 Å². The lowest BCUT2D eigenvalue weighted by Crippen LogP contribution is -2.50. The quantitative estimate of drug-likeness (QED) is 0.667. The van der Waals surface area contributed by atoms with Crippen LogP contribution in [0.4, 0.5) is 0 Å². The van der Waals surface area contributed by atoms with Crippen molar-refractivity contribution in [3.05, 3.63) is 18.0 Å². The number of carbonyl (C=O) groups excluding carboxylic acids is 1. The summed E-state index contributed by atoms with van der Waals surface area (Å²) in [6.07, 6.45) is 14.6. The first kappa shape index (κ1) is 23.1. The molecule has 0 aliphatic heterocycles. The number of rotatable bonds is 4. The molecule has 33 heavy (non-hydrogen) atoms. The second-order valence-electron chi connectivity index (χ2n) is 12.3. The van der Waals surface area contributed by atoms with E-state index in [2.05, 4.69) is 31.9 Å². The Labute approximate surface area is 198 Å². The van der Waals surface area contributed by atoms with Gasteiger partial charge in [-0.2, -0.15) is 10.4 Å². The maximum Gasteiger partial charge on any atom is 0.157 e. The molecule has 1 heterocycles. The molecule has 5 rings (SSSR count). The number of fused-ring (bicyclic) bond motifs is 5. The topological polar surface area (TPSA) is 78.9 Å². The molecule has 0 saturated heterocycles. The van der Waals surface area contributed by atoms with E-state index in [9.17, 15) is 9.90 Å². The highest BCUT2D eigenvalue weighted by atomic mass is 16.3. The predicted molar refractivity (Wildman–Crippen MR) is 127 cm³/mol. The van der Waals surface area contributed by atoms with Crippen molar-refractivity contribution in [1.29, 1.82) is 5.26 Å². The highest BCUT2D eigenvalue weighted by Gasteiger charge is 2.60. The molecular formula is C28H41N3O2. The monoisotopic (exact) mass is 451 g/mol. The average Bonchev–Trinajstić information content (AvgIpc) is 3.38. The van der Waals surface area contributed by atoms with Gasteiger partial charge in [0.15, 0.2) is 5.78 Å². The average molecular weight is 452 g/mol. The van der Waals surface area contributed by atoms with Gasteiger partial charge in [-0.3, -0.25) is 9.48 Å². The number of hydrogen-bond acceptors (Lipinski definition) is 4. The van der Waals surface area contributed by atoms with E-state index in [0.717, 1.165) is 49.9 Å². The van der Waals surface area contributed by atoms with Gasteiger partial charge in [-0.25, -0.2) is 0 Å². The first-order valence-electron chi connectivity index (χ1n) is 13.5. The summed E-state index contributed by atoms with van der Waals surface area (Å²) < 4.78 is 1.66. The van der Waals surface area contributed by atoms with Gasteiger partial charge in [0.1, 0.15) is 6.07 Å². The fourth-order valence-electron chi connectivity index (χ4n) is 9.44. The minimum atomic E-state index is -0.495. The van der Waals surface area contributed by atoms with E-state index in [1.165, 1.54) is 32.1 Å². The van der Waals surface area contributed by atoms with E-state index >= 15 is 0 Å². The normalized spacial score (nSPS) is 44.8. The molecule has 0 radical (unpaired) electrons. The van der Waals surface area contributed by atoms with E-state index in [4.69, 9.17) is 5.26 Å². The van der Waals surface area contributed by atoms with Crippen LogP contribution in [-0.2, 0) is 11.3 Å². The lowest BCUT2D eigenvalue weighted by molar-refractivity contribution is -0.133. The maximum absolute atomic E-state index is 13.5. The van der Waals surface area contributed by atoms with Gasteiger partial charge in [0, 0.05) is 12.1 Å². The number of carbonyl (C=O) groups is 1. The summed E-state index contributed by atoms with van der Waals surface area (Å²) in [6, 6.07) is 2.11. The van der Waals surface area contributed by atoms with Crippen LogP contribution in [0.5, 0.6) is 0 Å². The molecule has 4 fully saturated rings. The molecule has 9 atom stereocenters. The number of aliphatic hydroxyl groups is 1. The van der Waals surface area contributed by atoms with Crippen LogP contribution in [0.15, 0.2) is 12.4 Å². The molecule has 0 bridgehead atoms. The number of ketones is 1. The SMILES string of the molecule is CC[C@]12CC[C@H]3[C@@H](CC[C@@H]4C[C@](C)(O)CC[C@H](C)[C@@H]43)[C@@H]1CC[C@@H]2C(=O)Cn1cc(C#N)cn1. The first-order chi connectivity index (χ1) is 15.8. The molecule has 5 heteroatoms. The molecule has 1 N–H and O–H groups in total. The summed E-state index contributed by atoms with van der Waals surface area (Å²) in [6.45, 7) is 7.12. The smallest absolute Gasteiger partial charge is 0.157 e. The molecule has 0 spiro atoms. The van der Waals surface area contributed by atoms with Gasteiger partial charge in [-0.1, -0.05) is 13.8 Å². The Balaban J connectivity index is 1.36. The highest BCUT2D eigenvalue weighted by molar-refractivity contribution is 5.82. The van der Waals surface area contributed by atoms with Crippen molar-refractivity contribution in [1.82, 2.24) is 9.78 Å². The summed E-state index contributed by atoms with van der Waals surface area (Å²) in [7, 11) is 0. The Morgan fingerprint density at radius 3 is 2.76 bits per heavy atom. The molecule has 1 aromatic rings. The Morgan fingerprint density at radius 1 is 1.21 bits per heavy atom.